The quantitative estimate of drug-likeness (QED) is 0.834. The topological polar surface area (TPSA) is 38.5 Å². The molecule has 1 aromatic rings. The third-order valence-electron chi connectivity index (χ3n) is 3.41. The highest BCUT2D eigenvalue weighted by atomic mass is 79.9. The van der Waals surface area contributed by atoms with Crippen molar-refractivity contribution in [3.05, 3.63) is 28.2 Å². The molecule has 19 heavy (non-hydrogen) atoms. The second-order valence-electron chi connectivity index (χ2n) is 5.81. The van der Waals surface area contributed by atoms with E-state index in [1.54, 1.807) is 7.11 Å². The minimum absolute atomic E-state index is 0.204. The van der Waals surface area contributed by atoms with Gasteiger partial charge in [-0.3, -0.25) is 0 Å². The van der Waals surface area contributed by atoms with Crippen molar-refractivity contribution in [2.45, 2.75) is 26.8 Å². The molecule has 1 aromatic carbocycles. The fourth-order valence-corrected chi connectivity index (χ4v) is 2.24. The van der Waals surface area contributed by atoms with Crippen molar-refractivity contribution in [2.24, 2.45) is 11.1 Å². The zero-order valence-corrected chi connectivity index (χ0v) is 14.0. The number of hydrogen-bond donors (Lipinski definition) is 1. The molecule has 0 amide bonds. The number of rotatable bonds is 7. The van der Waals surface area contributed by atoms with Gasteiger partial charge in [0.1, 0.15) is 5.75 Å². The molecule has 0 saturated carbocycles. The smallest absolute Gasteiger partial charge is 0.123 e. The van der Waals surface area contributed by atoms with Crippen LogP contribution in [0.4, 0.5) is 0 Å². The lowest BCUT2D eigenvalue weighted by Gasteiger charge is -2.26. The Kier molecular flexibility index (Phi) is 6.30. The van der Waals surface area contributed by atoms with Gasteiger partial charge in [0.2, 0.25) is 0 Å². The fourth-order valence-electron chi connectivity index (χ4n) is 1.84. The number of methoxy groups -OCH3 is 1. The molecule has 0 saturated heterocycles. The van der Waals surface area contributed by atoms with Crippen molar-refractivity contribution in [2.75, 3.05) is 27.2 Å². The first-order valence-electron chi connectivity index (χ1n) is 6.59. The Balaban J connectivity index is 2.61. The van der Waals surface area contributed by atoms with Gasteiger partial charge in [-0.2, -0.15) is 0 Å². The molecule has 1 rings (SSSR count). The van der Waals surface area contributed by atoms with Crippen LogP contribution in [0.1, 0.15) is 25.8 Å². The number of hydrogen-bond acceptors (Lipinski definition) is 3. The number of benzene rings is 1. The molecular weight excluding hydrogens is 304 g/mol. The normalized spacial score (nSPS) is 11.9. The van der Waals surface area contributed by atoms with Gasteiger partial charge in [0.25, 0.3) is 0 Å². The van der Waals surface area contributed by atoms with Crippen molar-refractivity contribution >= 4 is 15.9 Å². The summed E-state index contributed by atoms with van der Waals surface area (Å²) in [6, 6.07) is 6.11. The largest absolute Gasteiger partial charge is 0.496 e. The summed E-state index contributed by atoms with van der Waals surface area (Å²) < 4.78 is 6.48. The highest BCUT2D eigenvalue weighted by molar-refractivity contribution is 9.10. The summed E-state index contributed by atoms with van der Waals surface area (Å²) in [4.78, 5) is 2.31. The molecule has 0 unspecified atom stereocenters. The minimum atomic E-state index is 0.204. The van der Waals surface area contributed by atoms with E-state index in [1.165, 1.54) is 5.56 Å². The van der Waals surface area contributed by atoms with E-state index in [4.69, 9.17) is 10.5 Å². The highest BCUT2D eigenvalue weighted by Crippen LogP contribution is 2.25. The van der Waals surface area contributed by atoms with Crippen LogP contribution >= 0.6 is 15.9 Å². The average molecular weight is 329 g/mol. The standard InChI is InChI=1S/C15H25BrN2O/c1-15(2,11-17)7-8-18(3)10-12-9-13(16)5-6-14(12)19-4/h5-6,9H,7-8,10-11,17H2,1-4H3. The molecule has 0 atom stereocenters. The summed E-state index contributed by atoms with van der Waals surface area (Å²) in [5, 5.41) is 0. The van der Waals surface area contributed by atoms with Crippen molar-refractivity contribution in [3.8, 4) is 5.75 Å². The van der Waals surface area contributed by atoms with Crippen LogP contribution < -0.4 is 10.5 Å². The molecular formula is C15H25BrN2O. The summed E-state index contributed by atoms with van der Waals surface area (Å²) in [5.74, 6) is 0.938. The van der Waals surface area contributed by atoms with Gasteiger partial charge in [-0.1, -0.05) is 29.8 Å². The van der Waals surface area contributed by atoms with Gasteiger partial charge in [-0.25, -0.2) is 0 Å². The predicted molar refractivity (Wildman–Crippen MR) is 84.5 cm³/mol. The highest BCUT2D eigenvalue weighted by Gasteiger charge is 2.16. The second kappa shape index (κ2) is 7.27. The van der Waals surface area contributed by atoms with Crippen molar-refractivity contribution in [3.63, 3.8) is 0 Å². The lowest BCUT2D eigenvalue weighted by Crippen LogP contribution is -2.29. The third kappa shape index (κ3) is 5.51. The number of halogens is 1. The Bertz CT molecular complexity index is 407. The molecule has 0 fully saturated rings. The van der Waals surface area contributed by atoms with Crippen LogP contribution in [0.5, 0.6) is 5.75 Å². The van der Waals surface area contributed by atoms with E-state index >= 15 is 0 Å². The molecule has 0 aliphatic heterocycles. The third-order valence-corrected chi connectivity index (χ3v) is 3.90. The molecule has 0 aromatic heterocycles. The summed E-state index contributed by atoms with van der Waals surface area (Å²) in [7, 11) is 3.84. The zero-order chi connectivity index (χ0) is 14.5. The minimum Gasteiger partial charge on any atom is -0.496 e. The molecule has 108 valence electrons. The van der Waals surface area contributed by atoms with Crippen LogP contribution in [0, 0.1) is 5.41 Å². The maximum absolute atomic E-state index is 5.77. The summed E-state index contributed by atoms with van der Waals surface area (Å²) in [6.07, 6.45) is 1.09. The maximum Gasteiger partial charge on any atom is 0.123 e. The Morgan fingerprint density at radius 3 is 2.63 bits per heavy atom. The summed E-state index contributed by atoms with van der Waals surface area (Å²) >= 11 is 3.51. The molecule has 2 N–H and O–H groups in total. The molecule has 0 bridgehead atoms. The van der Waals surface area contributed by atoms with E-state index < -0.39 is 0 Å². The first kappa shape index (κ1) is 16.5. The number of nitrogens with zero attached hydrogens (tertiary/aromatic N) is 1. The monoisotopic (exact) mass is 328 g/mol. The first-order valence-corrected chi connectivity index (χ1v) is 7.38. The Hall–Kier alpha value is -0.580. The van der Waals surface area contributed by atoms with Crippen LogP contribution in [-0.2, 0) is 6.54 Å². The molecule has 3 nitrogen and oxygen atoms in total. The van der Waals surface area contributed by atoms with Crippen LogP contribution in [0.15, 0.2) is 22.7 Å². The second-order valence-corrected chi connectivity index (χ2v) is 6.73. The van der Waals surface area contributed by atoms with Crippen molar-refractivity contribution in [1.29, 1.82) is 0 Å². The van der Waals surface area contributed by atoms with Crippen LogP contribution in [0.25, 0.3) is 0 Å². The Labute approximate surface area is 125 Å². The van der Waals surface area contributed by atoms with Crippen molar-refractivity contribution in [1.82, 2.24) is 4.90 Å². The van der Waals surface area contributed by atoms with E-state index in [1.807, 2.05) is 12.1 Å². The van der Waals surface area contributed by atoms with Gasteiger partial charge in [-0.15, -0.1) is 0 Å². The first-order chi connectivity index (χ1) is 8.88. The zero-order valence-electron chi connectivity index (χ0n) is 12.4. The number of nitrogens with two attached hydrogens (primary N) is 1. The molecule has 0 aliphatic carbocycles. The van der Waals surface area contributed by atoms with Crippen molar-refractivity contribution < 1.29 is 4.74 Å². The maximum atomic E-state index is 5.77. The molecule has 4 heteroatoms. The van der Waals surface area contributed by atoms with Gasteiger partial charge < -0.3 is 15.4 Å². The van der Waals surface area contributed by atoms with E-state index in [-0.39, 0.29) is 5.41 Å². The Morgan fingerprint density at radius 2 is 2.05 bits per heavy atom. The molecule has 0 spiro atoms. The molecule has 0 aliphatic rings. The van der Waals surface area contributed by atoms with Gasteiger partial charge >= 0.3 is 0 Å². The Morgan fingerprint density at radius 1 is 1.37 bits per heavy atom. The SMILES string of the molecule is COc1ccc(Br)cc1CN(C)CCC(C)(C)CN. The van der Waals surface area contributed by atoms with Gasteiger partial charge in [0, 0.05) is 16.6 Å². The summed E-state index contributed by atoms with van der Waals surface area (Å²) in [5.41, 5.74) is 7.17. The predicted octanol–water partition coefficient (Wildman–Crippen LogP) is 3.26. The molecule has 0 radical (unpaired) electrons. The fraction of sp³-hybridized carbons (Fsp3) is 0.600. The van der Waals surface area contributed by atoms with Crippen LogP contribution in [-0.4, -0.2) is 32.1 Å². The number of ether oxygens (including phenoxy) is 1. The van der Waals surface area contributed by atoms with E-state index in [0.29, 0.717) is 0 Å². The lowest BCUT2D eigenvalue weighted by molar-refractivity contribution is 0.246. The van der Waals surface area contributed by atoms with Crippen LogP contribution in [0.2, 0.25) is 0 Å². The molecule has 0 heterocycles. The van der Waals surface area contributed by atoms with E-state index in [0.717, 1.165) is 36.3 Å². The van der Waals surface area contributed by atoms with Gasteiger partial charge in [0.05, 0.1) is 7.11 Å². The van der Waals surface area contributed by atoms with E-state index in [9.17, 15) is 0 Å². The van der Waals surface area contributed by atoms with Crippen LogP contribution in [0.3, 0.4) is 0 Å². The average Bonchev–Trinajstić information content (AvgIpc) is 2.37. The van der Waals surface area contributed by atoms with Gasteiger partial charge in [0.15, 0.2) is 0 Å². The van der Waals surface area contributed by atoms with E-state index in [2.05, 4.69) is 47.8 Å². The summed E-state index contributed by atoms with van der Waals surface area (Å²) in [6.45, 7) is 7.05. The van der Waals surface area contributed by atoms with Gasteiger partial charge in [-0.05, 0) is 50.2 Å². The lowest BCUT2D eigenvalue weighted by atomic mass is 9.89.